The van der Waals surface area contributed by atoms with E-state index in [9.17, 15) is 9.18 Å². The predicted octanol–water partition coefficient (Wildman–Crippen LogP) is 1.44. The molecule has 0 bridgehead atoms. The molecule has 170 valence electrons. The average molecular weight is 552 g/mol. The van der Waals surface area contributed by atoms with Crippen LogP contribution in [0.2, 0.25) is 5.01 Å². The lowest BCUT2D eigenvalue weighted by Gasteiger charge is -2.49. The normalized spacial score (nSPS) is 12.1. The summed E-state index contributed by atoms with van der Waals surface area (Å²) in [4.78, 5) is 11.2. The highest BCUT2D eigenvalue weighted by Gasteiger charge is 2.42. The molecule has 0 saturated carbocycles. The molecule has 2 aromatic carbocycles. The van der Waals surface area contributed by atoms with E-state index in [1.165, 1.54) is 11.4 Å². The number of rotatable bonds is 7. The molecule has 16 heteroatoms. The first-order valence-electron chi connectivity index (χ1n) is 12.3. The standard InChI is InChI=1S/C22H17BrFNO.CB12/c1-13-3-4-14(2)25(13)17-7-5-15(6-8-17)18-9-10-19-20(18)11-16(12-26)21(23)22(19)24;2-10(3)1(11(4)5,12(6)7)13(8)9/h3-9,11-12H,10H2,1-2H3;. The van der Waals surface area contributed by atoms with E-state index < -0.39 is 31.0 Å². The second kappa shape index (κ2) is 12.9. The van der Waals surface area contributed by atoms with Crippen LogP contribution in [0, 0.1) is 19.7 Å². The minimum absolute atomic E-state index is 0.245. The molecule has 1 aliphatic carbocycles. The third-order valence-electron chi connectivity index (χ3n) is 7.28. The van der Waals surface area contributed by atoms with E-state index in [-0.39, 0.29) is 10.3 Å². The predicted molar refractivity (Wildman–Crippen MR) is 177 cm³/mol. The van der Waals surface area contributed by atoms with E-state index in [0.717, 1.165) is 22.4 Å². The SMILES string of the molecule is Cc1ccc(C)n1-c1ccc(C2=CCc3c2cc(C=O)c(Br)c3F)cc1.[B]B([B])C(B([B])[B])(B([B])[B])B([B])[B]. The number of allylic oxidation sites excluding steroid dienone is 1. The van der Waals surface area contributed by atoms with Crippen molar-refractivity contribution in [3.05, 3.63) is 92.5 Å². The van der Waals surface area contributed by atoms with E-state index >= 15 is 0 Å². The smallest absolute Gasteiger partial charge is 0.151 e. The first-order valence-corrected chi connectivity index (χ1v) is 13.0. The minimum atomic E-state index is -1.28. The molecule has 0 unspecified atom stereocenters. The van der Waals surface area contributed by atoms with Crippen LogP contribution in [0.5, 0.6) is 0 Å². The number of aldehydes is 1. The maximum absolute atomic E-state index is 14.5. The molecule has 0 spiro atoms. The molecule has 1 aromatic heterocycles. The molecule has 1 heterocycles. The van der Waals surface area contributed by atoms with Crippen molar-refractivity contribution in [2.75, 3.05) is 0 Å². The molecule has 16 radical (unpaired) electrons. The highest BCUT2D eigenvalue weighted by molar-refractivity contribution is 9.10. The van der Waals surface area contributed by atoms with Gasteiger partial charge in [0.1, 0.15) is 5.82 Å². The van der Waals surface area contributed by atoms with Crippen molar-refractivity contribution in [1.29, 1.82) is 0 Å². The van der Waals surface area contributed by atoms with Crippen LogP contribution in [0.15, 0.2) is 53.0 Å². The van der Waals surface area contributed by atoms with Gasteiger partial charge >= 0.3 is 0 Å². The number of benzene rings is 2. The molecule has 0 aliphatic heterocycles. The fourth-order valence-corrected chi connectivity index (χ4v) is 5.44. The highest BCUT2D eigenvalue weighted by atomic mass is 79.9. The number of carbonyl (C=O) groups excluding carboxylic acids is 1. The van der Waals surface area contributed by atoms with Gasteiger partial charge in [-0.05, 0) is 83.2 Å². The van der Waals surface area contributed by atoms with Gasteiger partial charge in [-0.1, -0.05) is 18.2 Å². The molecule has 0 amide bonds. The molecule has 0 atom stereocenters. The van der Waals surface area contributed by atoms with Gasteiger partial charge in [-0.15, -0.1) is 0 Å². The molecule has 0 N–H and O–H groups in total. The fourth-order valence-electron chi connectivity index (χ4n) is 5.00. The van der Waals surface area contributed by atoms with Crippen molar-refractivity contribution in [3.8, 4) is 5.69 Å². The molecule has 4 rings (SSSR count). The van der Waals surface area contributed by atoms with Crippen molar-refractivity contribution in [2.24, 2.45) is 0 Å². The number of aromatic nitrogens is 1. The van der Waals surface area contributed by atoms with Crippen molar-refractivity contribution >= 4 is 116 Å². The zero-order valence-electron chi connectivity index (χ0n) is 21.9. The van der Waals surface area contributed by atoms with Gasteiger partial charge in [0.15, 0.2) is 6.29 Å². The summed E-state index contributed by atoms with van der Waals surface area (Å²) in [7, 11) is 43.8. The summed E-state index contributed by atoms with van der Waals surface area (Å²) in [6, 6.07) is 14.2. The Morgan fingerprint density at radius 3 is 1.77 bits per heavy atom. The Hall–Kier alpha value is -1.68. The number of halogens is 2. The van der Waals surface area contributed by atoms with Crippen molar-refractivity contribution < 1.29 is 9.18 Å². The van der Waals surface area contributed by atoms with Crippen LogP contribution in [0.1, 0.15) is 38.4 Å². The quantitative estimate of drug-likeness (QED) is 0.322. The monoisotopic (exact) mass is 553 g/mol. The number of fused-ring (bicyclic) bond motifs is 1. The van der Waals surface area contributed by atoms with Crippen LogP contribution in [0.25, 0.3) is 11.3 Å². The number of nitrogens with zero attached hydrogens (tertiary/aromatic N) is 1. The van der Waals surface area contributed by atoms with Crippen LogP contribution in [0.3, 0.4) is 0 Å². The molecule has 3 aromatic rings. The van der Waals surface area contributed by atoms with Gasteiger partial charge in [0.2, 0.25) is 0 Å². The summed E-state index contributed by atoms with van der Waals surface area (Å²) < 4.78 is 17.0. The molecule has 1 aliphatic rings. The highest BCUT2D eigenvalue weighted by Crippen LogP contribution is 2.38. The van der Waals surface area contributed by atoms with Gasteiger partial charge in [0.25, 0.3) is 0 Å². The lowest BCUT2D eigenvalue weighted by molar-refractivity contribution is 0.112. The number of hydrogen-bond acceptors (Lipinski definition) is 1. The van der Waals surface area contributed by atoms with Crippen LogP contribution in [-0.2, 0) is 6.42 Å². The van der Waals surface area contributed by atoms with E-state index in [1.807, 2.05) is 6.08 Å². The van der Waals surface area contributed by atoms with Crippen molar-refractivity contribution in [3.63, 3.8) is 0 Å². The number of hydrogen-bond donors (Lipinski definition) is 0. The number of aryl methyl sites for hydroxylation is 2. The maximum Gasteiger partial charge on any atom is 0.151 e. The Balaban J connectivity index is 0.000000276. The van der Waals surface area contributed by atoms with Crippen LogP contribution >= 0.6 is 15.9 Å². The second-order valence-corrected chi connectivity index (χ2v) is 10.5. The van der Waals surface area contributed by atoms with E-state index in [4.69, 9.17) is 61.9 Å². The molecule has 39 heavy (non-hydrogen) atoms. The first kappa shape index (κ1) is 31.8. The number of carbonyl (C=O) groups is 1. The molecule has 2 nitrogen and oxygen atoms in total. The lowest BCUT2D eigenvalue weighted by Crippen LogP contribution is -2.65. The molecular weight excluding hydrogens is 535 g/mol. The van der Waals surface area contributed by atoms with Gasteiger partial charge in [-0.2, -0.15) is 5.01 Å². The lowest BCUT2D eigenvalue weighted by atomic mass is 8.68. The van der Waals surface area contributed by atoms with Gasteiger partial charge < -0.3 is 4.57 Å². The average Bonchev–Trinajstić information content (AvgIpc) is 3.44. The van der Waals surface area contributed by atoms with Crippen LogP contribution in [-0.4, -0.2) is 98.7 Å². The van der Waals surface area contributed by atoms with Gasteiger partial charge in [-0.25, -0.2) is 4.39 Å². The van der Waals surface area contributed by atoms with Gasteiger partial charge in [0, 0.05) is 116 Å². The molecular formula is C23H17B12BrFNO. The summed E-state index contributed by atoms with van der Waals surface area (Å²) in [5.41, 5.74) is 7.24. The van der Waals surface area contributed by atoms with Gasteiger partial charge in [0.05, 0.1) is 4.47 Å². The van der Waals surface area contributed by atoms with Crippen LogP contribution in [0.4, 0.5) is 4.39 Å². The summed E-state index contributed by atoms with van der Waals surface area (Å²) in [5, 5.41) is -1.28. The molecule has 0 saturated heterocycles. The Labute approximate surface area is 251 Å². The Kier molecular flexibility index (Phi) is 10.5. The second-order valence-electron chi connectivity index (χ2n) is 9.66. The van der Waals surface area contributed by atoms with E-state index in [2.05, 4.69) is 70.7 Å². The first-order chi connectivity index (χ1) is 18.3. The largest absolute Gasteiger partial charge is 0.319 e. The zero-order chi connectivity index (χ0) is 29.2. The van der Waals surface area contributed by atoms with E-state index in [1.54, 1.807) is 6.07 Å². The Morgan fingerprint density at radius 2 is 1.36 bits per heavy atom. The van der Waals surface area contributed by atoms with Gasteiger partial charge in [-0.3, -0.25) is 4.79 Å². The Bertz CT molecular complexity index is 1320. The maximum atomic E-state index is 14.5. The summed E-state index contributed by atoms with van der Waals surface area (Å²) >= 11 is 3.18. The third-order valence-corrected chi connectivity index (χ3v) is 8.09. The summed E-state index contributed by atoms with van der Waals surface area (Å²) in [6.45, 7) is 0.247. The summed E-state index contributed by atoms with van der Waals surface area (Å²) in [6.07, 6.45) is 3.24. The van der Waals surface area contributed by atoms with E-state index in [0.29, 0.717) is 23.8 Å². The van der Waals surface area contributed by atoms with Crippen LogP contribution < -0.4 is 0 Å². The van der Waals surface area contributed by atoms with Crippen molar-refractivity contribution in [1.82, 2.24) is 4.57 Å². The molecule has 0 fully saturated rings. The zero-order valence-corrected chi connectivity index (χ0v) is 23.5. The Morgan fingerprint density at radius 1 is 0.872 bits per heavy atom. The summed E-state index contributed by atoms with van der Waals surface area (Å²) in [5.74, 6) is -0.342. The van der Waals surface area contributed by atoms with Crippen molar-refractivity contribution in [2.45, 2.75) is 25.3 Å². The minimum Gasteiger partial charge on any atom is -0.319 e. The fraction of sp³-hybridized carbons (Fsp3) is 0.174. The topological polar surface area (TPSA) is 22.0 Å². The third kappa shape index (κ3) is 6.02.